The maximum absolute atomic E-state index is 11.6. The molecule has 0 aromatic heterocycles. The topological polar surface area (TPSA) is 58.2 Å². The van der Waals surface area contributed by atoms with Crippen molar-refractivity contribution in [2.24, 2.45) is 0 Å². The van der Waals surface area contributed by atoms with Crippen molar-refractivity contribution in [2.75, 3.05) is 24.1 Å². The van der Waals surface area contributed by atoms with Crippen LogP contribution in [-0.2, 0) is 10.0 Å². The van der Waals surface area contributed by atoms with E-state index in [1.54, 1.807) is 7.05 Å². The van der Waals surface area contributed by atoms with Gasteiger partial charge in [-0.25, -0.2) is 8.42 Å². The summed E-state index contributed by atoms with van der Waals surface area (Å²) >= 11 is 17.4. The van der Waals surface area contributed by atoms with Crippen LogP contribution in [0.1, 0.15) is 0 Å². The van der Waals surface area contributed by atoms with Gasteiger partial charge in [0.15, 0.2) is 0 Å². The zero-order valence-corrected chi connectivity index (χ0v) is 12.0. The summed E-state index contributed by atoms with van der Waals surface area (Å²) in [5.41, 5.74) is 0.147. The summed E-state index contributed by atoms with van der Waals surface area (Å²) in [6.07, 6.45) is 0. The zero-order chi connectivity index (χ0) is 13.1. The summed E-state index contributed by atoms with van der Waals surface area (Å²) in [6.45, 7) is 0.332. The van der Waals surface area contributed by atoms with E-state index in [4.69, 9.17) is 34.8 Å². The lowest BCUT2D eigenvalue weighted by Crippen LogP contribution is -2.24. The maximum Gasteiger partial charge on any atom is 0.234 e. The number of hydrogen-bond acceptors (Lipinski definition) is 3. The Kier molecular flexibility index (Phi) is 5.34. The van der Waals surface area contributed by atoms with Crippen LogP contribution in [0.4, 0.5) is 5.69 Å². The van der Waals surface area contributed by atoms with Crippen LogP contribution in [-0.4, -0.2) is 27.8 Å². The molecule has 4 nitrogen and oxygen atoms in total. The monoisotopic (exact) mass is 316 g/mol. The molecule has 1 aromatic rings. The standard InChI is InChI=1S/C9H11Cl3N2O2S/c1-13-2-3-17(15,16)14-9-7(11)4-6(10)5-8(9)12/h4-5,13-14H,2-3H2,1H3. The van der Waals surface area contributed by atoms with E-state index in [-0.39, 0.29) is 21.5 Å². The minimum Gasteiger partial charge on any atom is -0.319 e. The number of rotatable bonds is 5. The molecule has 0 fully saturated rings. The molecule has 17 heavy (non-hydrogen) atoms. The first-order chi connectivity index (χ1) is 7.85. The molecule has 0 bridgehead atoms. The predicted octanol–water partition coefficient (Wildman–Crippen LogP) is 2.61. The Morgan fingerprint density at radius 1 is 1.18 bits per heavy atom. The van der Waals surface area contributed by atoms with Gasteiger partial charge in [-0.3, -0.25) is 4.72 Å². The van der Waals surface area contributed by atoms with Gasteiger partial charge in [0.2, 0.25) is 10.0 Å². The van der Waals surface area contributed by atoms with Crippen molar-refractivity contribution < 1.29 is 8.42 Å². The summed E-state index contributed by atoms with van der Waals surface area (Å²) < 4.78 is 25.6. The van der Waals surface area contributed by atoms with Crippen molar-refractivity contribution in [2.45, 2.75) is 0 Å². The molecule has 0 aliphatic rings. The average Bonchev–Trinajstić information content (AvgIpc) is 2.21. The van der Waals surface area contributed by atoms with E-state index in [9.17, 15) is 8.42 Å². The Labute approximate surface area is 115 Å². The van der Waals surface area contributed by atoms with Crippen molar-refractivity contribution >= 4 is 50.5 Å². The SMILES string of the molecule is CNCCS(=O)(=O)Nc1c(Cl)cc(Cl)cc1Cl. The number of hydrogen-bond donors (Lipinski definition) is 2. The third-order valence-electron chi connectivity index (χ3n) is 1.89. The Balaban J connectivity index is 2.96. The van der Waals surface area contributed by atoms with Gasteiger partial charge >= 0.3 is 0 Å². The van der Waals surface area contributed by atoms with E-state index in [0.717, 1.165) is 0 Å². The van der Waals surface area contributed by atoms with Gasteiger partial charge < -0.3 is 5.32 Å². The van der Waals surface area contributed by atoms with Gasteiger partial charge in [0, 0.05) is 11.6 Å². The van der Waals surface area contributed by atoms with Crippen molar-refractivity contribution in [3.05, 3.63) is 27.2 Å². The van der Waals surface area contributed by atoms with Crippen LogP contribution in [0.3, 0.4) is 0 Å². The highest BCUT2D eigenvalue weighted by Gasteiger charge is 2.15. The van der Waals surface area contributed by atoms with E-state index >= 15 is 0 Å². The van der Waals surface area contributed by atoms with Crippen molar-refractivity contribution in [1.82, 2.24) is 5.32 Å². The van der Waals surface area contributed by atoms with Gasteiger partial charge in [0.05, 0.1) is 21.5 Å². The summed E-state index contributed by atoms with van der Waals surface area (Å²) in [6, 6.07) is 2.84. The third-order valence-corrected chi connectivity index (χ3v) is 3.96. The molecule has 0 spiro atoms. The first-order valence-electron chi connectivity index (χ1n) is 4.65. The van der Waals surface area contributed by atoms with E-state index < -0.39 is 10.0 Å². The molecule has 0 heterocycles. The second-order valence-electron chi connectivity index (χ2n) is 3.27. The molecule has 0 amide bonds. The molecule has 0 atom stereocenters. The third kappa shape index (κ3) is 4.52. The van der Waals surface area contributed by atoms with Crippen molar-refractivity contribution in [3.8, 4) is 0 Å². The Bertz CT molecular complexity index is 482. The molecule has 1 aromatic carbocycles. The summed E-state index contributed by atoms with van der Waals surface area (Å²) in [7, 11) is -1.81. The van der Waals surface area contributed by atoms with Crippen LogP contribution in [0, 0.1) is 0 Å². The number of benzene rings is 1. The van der Waals surface area contributed by atoms with Gasteiger partial charge in [-0.15, -0.1) is 0 Å². The summed E-state index contributed by atoms with van der Waals surface area (Å²) in [5.74, 6) is -0.0707. The highest BCUT2D eigenvalue weighted by Crippen LogP contribution is 2.34. The van der Waals surface area contributed by atoms with Crippen molar-refractivity contribution in [3.63, 3.8) is 0 Å². The quantitative estimate of drug-likeness (QED) is 0.877. The van der Waals surface area contributed by atoms with E-state index in [1.165, 1.54) is 12.1 Å². The lowest BCUT2D eigenvalue weighted by atomic mass is 10.3. The van der Waals surface area contributed by atoms with E-state index in [2.05, 4.69) is 10.0 Å². The highest BCUT2D eigenvalue weighted by atomic mass is 35.5. The van der Waals surface area contributed by atoms with Crippen LogP contribution < -0.4 is 10.0 Å². The van der Waals surface area contributed by atoms with Crippen molar-refractivity contribution in [1.29, 1.82) is 0 Å². The minimum absolute atomic E-state index is 0.0707. The zero-order valence-electron chi connectivity index (χ0n) is 8.93. The second-order valence-corrected chi connectivity index (χ2v) is 6.36. The molecule has 8 heteroatoms. The molecule has 0 saturated carbocycles. The molecule has 0 unspecified atom stereocenters. The fraction of sp³-hybridized carbons (Fsp3) is 0.333. The van der Waals surface area contributed by atoms with E-state index in [1.807, 2.05) is 0 Å². The van der Waals surface area contributed by atoms with Gasteiger partial charge in [-0.2, -0.15) is 0 Å². The van der Waals surface area contributed by atoms with Gasteiger partial charge in [0.1, 0.15) is 0 Å². The van der Waals surface area contributed by atoms with Gasteiger partial charge in [-0.05, 0) is 19.2 Å². The molecule has 0 saturated heterocycles. The largest absolute Gasteiger partial charge is 0.319 e. The normalized spacial score (nSPS) is 11.5. The average molecular weight is 318 g/mol. The Morgan fingerprint density at radius 2 is 1.71 bits per heavy atom. The summed E-state index contributed by atoms with van der Waals surface area (Å²) in [5, 5.41) is 3.41. The minimum atomic E-state index is -3.48. The smallest absolute Gasteiger partial charge is 0.234 e. The molecule has 1 rings (SSSR count). The highest BCUT2D eigenvalue weighted by molar-refractivity contribution is 7.92. The molecule has 0 aliphatic heterocycles. The lowest BCUT2D eigenvalue weighted by Gasteiger charge is -2.11. The fourth-order valence-corrected chi connectivity index (χ4v) is 3.21. The Morgan fingerprint density at radius 3 is 2.18 bits per heavy atom. The van der Waals surface area contributed by atoms with Gasteiger partial charge in [0.25, 0.3) is 0 Å². The number of nitrogens with one attached hydrogen (secondary N) is 2. The number of halogens is 3. The molecule has 96 valence electrons. The van der Waals surface area contributed by atoms with Crippen LogP contribution in [0.15, 0.2) is 12.1 Å². The van der Waals surface area contributed by atoms with Crippen LogP contribution in [0.25, 0.3) is 0 Å². The fourth-order valence-electron chi connectivity index (χ4n) is 1.08. The molecular formula is C9H11Cl3N2O2S. The molecular weight excluding hydrogens is 307 g/mol. The number of sulfonamides is 1. The molecule has 0 aliphatic carbocycles. The predicted molar refractivity (Wildman–Crippen MR) is 72.8 cm³/mol. The lowest BCUT2D eigenvalue weighted by molar-refractivity contribution is 0.599. The maximum atomic E-state index is 11.6. The van der Waals surface area contributed by atoms with Crippen LogP contribution in [0.2, 0.25) is 15.1 Å². The van der Waals surface area contributed by atoms with Crippen LogP contribution in [0.5, 0.6) is 0 Å². The Hall–Kier alpha value is -0.200. The van der Waals surface area contributed by atoms with Gasteiger partial charge in [-0.1, -0.05) is 34.8 Å². The first-order valence-corrected chi connectivity index (χ1v) is 7.44. The molecule has 2 N–H and O–H groups in total. The first kappa shape index (κ1) is 14.9. The summed E-state index contributed by atoms with van der Waals surface area (Å²) in [4.78, 5) is 0. The van der Waals surface area contributed by atoms with Crippen LogP contribution >= 0.6 is 34.8 Å². The molecule has 0 radical (unpaired) electrons. The second kappa shape index (κ2) is 6.11. The number of anilines is 1. The van der Waals surface area contributed by atoms with E-state index in [0.29, 0.717) is 11.6 Å².